The maximum absolute atomic E-state index is 12.7. The van der Waals surface area contributed by atoms with Crippen LogP contribution in [-0.4, -0.2) is 61.4 Å². The Bertz CT molecular complexity index is 616. The highest BCUT2D eigenvalue weighted by molar-refractivity contribution is 5.95. The fourth-order valence-corrected chi connectivity index (χ4v) is 3.23. The highest BCUT2D eigenvalue weighted by Gasteiger charge is 2.24. The molecule has 6 nitrogen and oxygen atoms in total. The lowest BCUT2D eigenvalue weighted by molar-refractivity contribution is -0.132. The number of methoxy groups -OCH3 is 1. The number of amides is 2. The van der Waals surface area contributed by atoms with Crippen LogP contribution >= 0.6 is 12.4 Å². The molecule has 1 aliphatic heterocycles. The number of aryl methyl sites for hydroxylation is 1. The van der Waals surface area contributed by atoms with Crippen LogP contribution in [0, 0.1) is 6.92 Å². The van der Waals surface area contributed by atoms with E-state index in [4.69, 9.17) is 10.5 Å². The van der Waals surface area contributed by atoms with Gasteiger partial charge in [-0.1, -0.05) is 18.9 Å². The molecule has 1 fully saturated rings. The molecule has 0 aromatic heterocycles. The molecule has 1 aromatic rings. The van der Waals surface area contributed by atoms with Gasteiger partial charge in [0.1, 0.15) is 5.75 Å². The van der Waals surface area contributed by atoms with Gasteiger partial charge in [0, 0.05) is 38.2 Å². The minimum atomic E-state index is -0.00261. The molecule has 2 rings (SSSR count). The molecule has 1 aliphatic rings. The largest absolute Gasteiger partial charge is 0.496 e. The molecule has 27 heavy (non-hydrogen) atoms. The van der Waals surface area contributed by atoms with E-state index in [-0.39, 0.29) is 24.2 Å². The quantitative estimate of drug-likeness (QED) is 0.684. The van der Waals surface area contributed by atoms with E-state index in [0.29, 0.717) is 38.2 Å². The summed E-state index contributed by atoms with van der Waals surface area (Å²) in [6.45, 7) is 5.04. The Hall–Kier alpha value is -1.79. The number of unbranched alkanes of at least 4 members (excludes halogenated alkanes) is 3. The molecule has 1 heterocycles. The van der Waals surface area contributed by atoms with E-state index in [1.54, 1.807) is 13.2 Å². The Morgan fingerprint density at radius 2 is 1.67 bits per heavy atom. The maximum Gasteiger partial charge on any atom is 0.254 e. The molecule has 1 saturated heterocycles. The van der Waals surface area contributed by atoms with Gasteiger partial charge in [-0.05, 0) is 44.0 Å². The molecule has 0 aliphatic carbocycles. The maximum atomic E-state index is 12.7. The van der Waals surface area contributed by atoms with Gasteiger partial charge in [0.25, 0.3) is 5.91 Å². The van der Waals surface area contributed by atoms with Gasteiger partial charge >= 0.3 is 0 Å². The van der Waals surface area contributed by atoms with Crippen LogP contribution in [-0.2, 0) is 4.79 Å². The van der Waals surface area contributed by atoms with Gasteiger partial charge in [-0.2, -0.15) is 0 Å². The van der Waals surface area contributed by atoms with Crippen molar-refractivity contribution in [3.05, 3.63) is 29.3 Å². The monoisotopic (exact) mass is 397 g/mol. The highest BCUT2D eigenvalue weighted by atomic mass is 35.5. The van der Waals surface area contributed by atoms with E-state index in [0.717, 1.165) is 43.5 Å². The van der Waals surface area contributed by atoms with Crippen molar-refractivity contribution >= 4 is 24.2 Å². The first-order valence-electron chi connectivity index (χ1n) is 9.48. The van der Waals surface area contributed by atoms with E-state index in [9.17, 15) is 9.59 Å². The third-order valence-corrected chi connectivity index (χ3v) is 4.92. The summed E-state index contributed by atoms with van der Waals surface area (Å²) in [5.41, 5.74) is 7.11. The zero-order valence-corrected chi connectivity index (χ0v) is 17.2. The lowest BCUT2D eigenvalue weighted by Crippen LogP contribution is -2.50. The number of carbonyl (C=O) groups is 2. The SMILES string of the molecule is COc1cc(C(=O)N2CCN(C(=O)CCCCCCN)CC2)ccc1C.Cl. The lowest BCUT2D eigenvalue weighted by atomic mass is 10.1. The Kier molecular flexibility index (Phi) is 10.2. The lowest BCUT2D eigenvalue weighted by Gasteiger charge is -2.35. The molecule has 7 heteroatoms. The molecule has 2 N–H and O–H groups in total. The third-order valence-electron chi connectivity index (χ3n) is 4.92. The number of nitrogens with zero attached hydrogens (tertiary/aromatic N) is 2. The molecule has 152 valence electrons. The molecule has 0 saturated carbocycles. The third kappa shape index (κ3) is 6.70. The molecular formula is C20H32ClN3O3. The van der Waals surface area contributed by atoms with Crippen molar-refractivity contribution < 1.29 is 14.3 Å². The second-order valence-corrected chi connectivity index (χ2v) is 6.81. The second-order valence-electron chi connectivity index (χ2n) is 6.81. The van der Waals surface area contributed by atoms with Crippen LogP contribution in [0.1, 0.15) is 48.0 Å². The summed E-state index contributed by atoms with van der Waals surface area (Å²) in [7, 11) is 1.61. The average Bonchev–Trinajstić information content (AvgIpc) is 2.67. The average molecular weight is 398 g/mol. The van der Waals surface area contributed by atoms with Crippen molar-refractivity contribution in [2.45, 2.75) is 39.0 Å². The number of carbonyl (C=O) groups excluding carboxylic acids is 2. The van der Waals surface area contributed by atoms with Crippen LogP contribution in [0.4, 0.5) is 0 Å². The minimum Gasteiger partial charge on any atom is -0.496 e. The van der Waals surface area contributed by atoms with Crippen molar-refractivity contribution in [1.82, 2.24) is 9.80 Å². The fraction of sp³-hybridized carbons (Fsp3) is 0.600. The van der Waals surface area contributed by atoms with Gasteiger partial charge in [0.2, 0.25) is 5.91 Å². The molecule has 0 bridgehead atoms. The van der Waals surface area contributed by atoms with Gasteiger partial charge in [-0.25, -0.2) is 0 Å². The van der Waals surface area contributed by atoms with E-state index in [1.165, 1.54) is 0 Å². The Labute approximate surface area is 168 Å². The van der Waals surface area contributed by atoms with Crippen molar-refractivity contribution in [2.24, 2.45) is 5.73 Å². The number of hydrogen-bond donors (Lipinski definition) is 1. The topological polar surface area (TPSA) is 75.9 Å². The summed E-state index contributed by atoms with van der Waals surface area (Å²) in [4.78, 5) is 28.7. The standard InChI is InChI=1S/C20H31N3O3.ClH/c1-16-8-9-17(15-18(16)26-2)20(25)23-13-11-22(12-14-23)19(24)7-5-3-4-6-10-21;/h8-9,15H,3-7,10-14,21H2,1-2H3;1H. The predicted octanol–water partition coefficient (Wildman–Crippen LogP) is 2.62. The first kappa shape index (κ1) is 23.2. The first-order valence-corrected chi connectivity index (χ1v) is 9.48. The normalized spacial score (nSPS) is 13.9. The first-order chi connectivity index (χ1) is 12.6. The molecule has 0 unspecified atom stereocenters. The Morgan fingerprint density at radius 1 is 1.04 bits per heavy atom. The van der Waals surface area contributed by atoms with Crippen LogP contribution in [0.3, 0.4) is 0 Å². The van der Waals surface area contributed by atoms with Crippen molar-refractivity contribution in [3.8, 4) is 5.75 Å². The van der Waals surface area contributed by atoms with Crippen LogP contribution in [0.15, 0.2) is 18.2 Å². The van der Waals surface area contributed by atoms with E-state index in [2.05, 4.69) is 0 Å². The molecule has 2 amide bonds. The number of ether oxygens (including phenoxy) is 1. The van der Waals surface area contributed by atoms with Crippen LogP contribution in [0.5, 0.6) is 5.75 Å². The zero-order chi connectivity index (χ0) is 18.9. The summed E-state index contributed by atoms with van der Waals surface area (Å²) in [6.07, 6.45) is 4.68. The minimum absolute atomic E-state index is 0. The number of nitrogens with two attached hydrogens (primary N) is 1. The van der Waals surface area contributed by atoms with Crippen LogP contribution < -0.4 is 10.5 Å². The van der Waals surface area contributed by atoms with Gasteiger partial charge in [-0.15, -0.1) is 12.4 Å². The molecule has 0 spiro atoms. The summed E-state index contributed by atoms with van der Waals surface area (Å²) < 4.78 is 5.30. The van der Waals surface area contributed by atoms with Crippen molar-refractivity contribution in [2.75, 3.05) is 39.8 Å². The smallest absolute Gasteiger partial charge is 0.254 e. The van der Waals surface area contributed by atoms with Gasteiger partial charge in [-0.3, -0.25) is 9.59 Å². The molecule has 0 radical (unpaired) electrons. The molecule has 0 atom stereocenters. The van der Waals surface area contributed by atoms with Crippen molar-refractivity contribution in [1.29, 1.82) is 0 Å². The van der Waals surface area contributed by atoms with E-state index < -0.39 is 0 Å². The number of halogens is 1. The van der Waals surface area contributed by atoms with Gasteiger partial charge in [0.05, 0.1) is 7.11 Å². The van der Waals surface area contributed by atoms with E-state index >= 15 is 0 Å². The van der Waals surface area contributed by atoms with Crippen LogP contribution in [0.2, 0.25) is 0 Å². The number of hydrogen-bond acceptors (Lipinski definition) is 4. The number of rotatable bonds is 8. The summed E-state index contributed by atoms with van der Waals surface area (Å²) in [5, 5.41) is 0. The number of piperazine rings is 1. The summed E-state index contributed by atoms with van der Waals surface area (Å²) >= 11 is 0. The second kappa shape index (κ2) is 11.8. The Balaban J connectivity index is 0.00000364. The van der Waals surface area contributed by atoms with Gasteiger partial charge in [0.15, 0.2) is 0 Å². The van der Waals surface area contributed by atoms with Crippen LogP contribution in [0.25, 0.3) is 0 Å². The van der Waals surface area contributed by atoms with Gasteiger partial charge < -0.3 is 20.3 Å². The highest BCUT2D eigenvalue weighted by Crippen LogP contribution is 2.20. The Morgan fingerprint density at radius 3 is 2.30 bits per heavy atom. The van der Waals surface area contributed by atoms with E-state index in [1.807, 2.05) is 28.9 Å². The fourth-order valence-electron chi connectivity index (χ4n) is 3.23. The molecule has 1 aromatic carbocycles. The zero-order valence-electron chi connectivity index (χ0n) is 16.4. The van der Waals surface area contributed by atoms with Crippen molar-refractivity contribution in [3.63, 3.8) is 0 Å². The molecular weight excluding hydrogens is 366 g/mol. The number of benzene rings is 1. The summed E-state index contributed by atoms with van der Waals surface area (Å²) in [6, 6.07) is 5.52. The predicted molar refractivity (Wildman–Crippen MR) is 110 cm³/mol. The summed E-state index contributed by atoms with van der Waals surface area (Å²) in [5.74, 6) is 0.915.